The molecule has 1 aromatic rings. The second-order valence-corrected chi connectivity index (χ2v) is 4.89. The molecule has 1 fully saturated rings. The third kappa shape index (κ3) is 2.07. The van der Waals surface area contributed by atoms with Crippen LogP contribution < -0.4 is 10.6 Å². The van der Waals surface area contributed by atoms with Gasteiger partial charge in [-0.05, 0) is 31.4 Å². The van der Waals surface area contributed by atoms with Crippen LogP contribution >= 0.6 is 0 Å². The molecule has 1 saturated heterocycles. The summed E-state index contributed by atoms with van der Waals surface area (Å²) in [4.78, 5) is 13.2. The van der Waals surface area contributed by atoms with Crippen molar-refractivity contribution in [1.29, 1.82) is 0 Å². The predicted molar refractivity (Wildman–Crippen MR) is 68.4 cm³/mol. The van der Waals surface area contributed by atoms with Crippen LogP contribution in [0, 0.1) is 5.92 Å². The molecule has 17 heavy (non-hydrogen) atoms. The summed E-state index contributed by atoms with van der Waals surface area (Å²) in [5.74, 6) is -0.345. The normalized spacial score (nSPS) is 24.0. The Morgan fingerprint density at radius 3 is 2.71 bits per heavy atom. The van der Waals surface area contributed by atoms with E-state index in [1.54, 1.807) is 12.1 Å². The van der Waals surface area contributed by atoms with Gasteiger partial charge in [0.1, 0.15) is 0 Å². The van der Waals surface area contributed by atoms with Gasteiger partial charge in [0, 0.05) is 12.6 Å². The number of rotatable bonds is 2. The van der Waals surface area contributed by atoms with Crippen LogP contribution in [0.25, 0.3) is 0 Å². The Morgan fingerprint density at radius 2 is 2.18 bits per heavy atom. The average molecular weight is 234 g/mol. The Morgan fingerprint density at radius 1 is 1.47 bits per heavy atom. The maximum atomic E-state index is 11.0. The van der Waals surface area contributed by atoms with E-state index in [-0.39, 0.29) is 5.56 Å². The Balaban J connectivity index is 2.39. The summed E-state index contributed by atoms with van der Waals surface area (Å²) in [6.07, 6.45) is 1.12. The van der Waals surface area contributed by atoms with Gasteiger partial charge in [0.05, 0.1) is 16.9 Å². The summed E-state index contributed by atoms with van der Waals surface area (Å²) in [5, 5.41) is 9.05. The zero-order valence-electron chi connectivity index (χ0n) is 10.2. The van der Waals surface area contributed by atoms with Gasteiger partial charge in [-0.2, -0.15) is 0 Å². The van der Waals surface area contributed by atoms with E-state index in [4.69, 9.17) is 10.8 Å². The van der Waals surface area contributed by atoms with Gasteiger partial charge in [-0.1, -0.05) is 13.0 Å². The molecule has 1 aliphatic heterocycles. The lowest BCUT2D eigenvalue weighted by Crippen LogP contribution is -2.28. The zero-order chi connectivity index (χ0) is 12.6. The monoisotopic (exact) mass is 234 g/mol. The summed E-state index contributed by atoms with van der Waals surface area (Å²) in [6.45, 7) is 5.29. The Labute approximate surface area is 101 Å². The molecule has 1 heterocycles. The van der Waals surface area contributed by atoms with Crippen LogP contribution in [0.2, 0.25) is 0 Å². The molecule has 92 valence electrons. The molecule has 3 N–H and O–H groups in total. The van der Waals surface area contributed by atoms with E-state index < -0.39 is 5.97 Å². The van der Waals surface area contributed by atoms with Gasteiger partial charge < -0.3 is 15.7 Å². The number of aromatic carboxylic acids is 1. The van der Waals surface area contributed by atoms with Gasteiger partial charge >= 0.3 is 5.97 Å². The molecule has 1 aliphatic rings. The summed E-state index contributed by atoms with van der Waals surface area (Å²) < 4.78 is 0. The lowest BCUT2D eigenvalue weighted by Gasteiger charge is -2.25. The second kappa shape index (κ2) is 4.28. The lowest BCUT2D eigenvalue weighted by molar-refractivity contribution is 0.0698. The van der Waals surface area contributed by atoms with Crippen LogP contribution in [0.3, 0.4) is 0 Å². The first-order valence-electron chi connectivity index (χ1n) is 5.89. The number of benzene rings is 1. The van der Waals surface area contributed by atoms with Gasteiger partial charge in [0.2, 0.25) is 0 Å². The predicted octanol–water partition coefficient (Wildman–Crippen LogP) is 2.20. The number of carbonyl (C=O) groups is 1. The standard InChI is InChI=1S/C13H18N2O2/c1-8-6-9(2)15(7-8)11-5-3-4-10(12(11)14)13(16)17/h3-5,8-9H,6-7,14H2,1-2H3,(H,16,17). The molecule has 0 radical (unpaired) electrons. The number of anilines is 2. The van der Waals surface area contributed by atoms with E-state index in [2.05, 4.69) is 18.7 Å². The van der Waals surface area contributed by atoms with Crippen molar-refractivity contribution in [3.63, 3.8) is 0 Å². The van der Waals surface area contributed by atoms with Crippen LogP contribution in [0.1, 0.15) is 30.6 Å². The molecule has 2 rings (SSSR count). The Kier molecular flexibility index (Phi) is 2.96. The average Bonchev–Trinajstić information content (AvgIpc) is 2.57. The smallest absolute Gasteiger partial charge is 0.337 e. The van der Waals surface area contributed by atoms with Crippen molar-refractivity contribution in [2.75, 3.05) is 17.2 Å². The fourth-order valence-corrected chi connectivity index (χ4v) is 2.63. The number of nitrogens with zero attached hydrogens (tertiary/aromatic N) is 1. The first-order chi connectivity index (χ1) is 8.00. The molecule has 4 nitrogen and oxygen atoms in total. The first-order valence-corrected chi connectivity index (χ1v) is 5.89. The molecular formula is C13H18N2O2. The number of hydrogen-bond donors (Lipinski definition) is 2. The largest absolute Gasteiger partial charge is 0.478 e. The highest BCUT2D eigenvalue weighted by atomic mass is 16.4. The topological polar surface area (TPSA) is 66.6 Å². The third-order valence-electron chi connectivity index (χ3n) is 3.41. The molecule has 2 unspecified atom stereocenters. The molecular weight excluding hydrogens is 216 g/mol. The fourth-order valence-electron chi connectivity index (χ4n) is 2.63. The molecule has 1 aromatic carbocycles. The number of carboxylic acid groups (broad SMARTS) is 1. The second-order valence-electron chi connectivity index (χ2n) is 4.89. The number of hydrogen-bond acceptors (Lipinski definition) is 3. The molecule has 0 amide bonds. The first kappa shape index (κ1) is 11.8. The van der Waals surface area contributed by atoms with E-state index in [1.807, 2.05) is 6.07 Å². The van der Waals surface area contributed by atoms with Gasteiger partial charge in [-0.25, -0.2) is 4.79 Å². The summed E-state index contributed by atoms with van der Waals surface area (Å²) >= 11 is 0. The number of nitrogen functional groups attached to an aromatic ring is 1. The van der Waals surface area contributed by atoms with E-state index in [0.717, 1.165) is 18.7 Å². The summed E-state index contributed by atoms with van der Waals surface area (Å²) in [7, 11) is 0. The van der Waals surface area contributed by atoms with Crippen molar-refractivity contribution in [3.05, 3.63) is 23.8 Å². The van der Waals surface area contributed by atoms with Crippen molar-refractivity contribution >= 4 is 17.3 Å². The zero-order valence-corrected chi connectivity index (χ0v) is 10.2. The minimum Gasteiger partial charge on any atom is -0.478 e. The molecule has 4 heteroatoms. The van der Waals surface area contributed by atoms with Crippen LogP contribution in [-0.2, 0) is 0 Å². The maximum Gasteiger partial charge on any atom is 0.337 e. The van der Waals surface area contributed by atoms with Crippen molar-refractivity contribution in [2.24, 2.45) is 5.92 Å². The third-order valence-corrected chi connectivity index (χ3v) is 3.41. The van der Waals surface area contributed by atoms with Crippen LogP contribution in [-0.4, -0.2) is 23.7 Å². The number of para-hydroxylation sites is 1. The van der Waals surface area contributed by atoms with E-state index in [0.29, 0.717) is 17.6 Å². The molecule has 0 aliphatic carbocycles. The van der Waals surface area contributed by atoms with Crippen LogP contribution in [0.4, 0.5) is 11.4 Å². The molecule has 2 atom stereocenters. The van der Waals surface area contributed by atoms with Gasteiger partial charge in [-0.15, -0.1) is 0 Å². The lowest BCUT2D eigenvalue weighted by atomic mass is 10.1. The summed E-state index contributed by atoms with van der Waals surface area (Å²) in [6, 6.07) is 5.61. The van der Waals surface area contributed by atoms with Gasteiger partial charge in [0.15, 0.2) is 0 Å². The number of nitrogens with two attached hydrogens (primary N) is 1. The van der Waals surface area contributed by atoms with Crippen LogP contribution in [0.5, 0.6) is 0 Å². The van der Waals surface area contributed by atoms with E-state index >= 15 is 0 Å². The quantitative estimate of drug-likeness (QED) is 0.770. The van der Waals surface area contributed by atoms with Crippen molar-refractivity contribution in [2.45, 2.75) is 26.3 Å². The van der Waals surface area contributed by atoms with Gasteiger partial charge in [0.25, 0.3) is 0 Å². The van der Waals surface area contributed by atoms with E-state index in [9.17, 15) is 4.79 Å². The fraction of sp³-hybridized carbons (Fsp3) is 0.462. The highest BCUT2D eigenvalue weighted by molar-refractivity contribution is 5.97. The minimum atomic E-state index is -0.968. The highest BCUT2D eigenvalue weighted by Crippen LogP contribution is 2.34. The molecule has 0 aromatic heterocycles. The minimum absolute atomic E-state index is 0.189. The molecule has 0 saturated carbocycles. The summed E-state index contributed by atoms with van der Waals surface area (Å²) in [5.41, 5.74) is 7.36. The van der Waals surface area contributed by atoms with Crippen molar-refractivity contribution in [1.82, 2.24) is 0 Å². The van der Waals surface area contributed by atoms with Crippen LogP contribution in [0.15, 0.2) is 18.2 Å². The maximum absolute atomic E-state index is 11.0. The van der Waals surface area contributed by atoms with E-state index in [1.165, 1.54) is 0 Å². The number of carboxylic acids is 1. The van der Waals surface area contributed by atoms with Crippen molar-refractivity contribution in [3.8, 4) is 0 Å². The Hall–Kier alpha value is -1.71. The highest BCUT2D eigenvalue weighted by Gasteiger charge is 2.28. The molecule has 0 bridgehead atoms. The van der Waals surface area contributed by atoms with Crippen molar-refractivity contribution < 1.29 is 9.90 Å². The van der Waals surface area contributed by atoms with Gasteiger partial charge in [-0.3, -0.25) is 0 Å². The SMILES string of the molecule is CC1CC(C)N(c2cccc(C(=O)O)c2N)C1. The molecule has 0 spiro atoms. The Bertz CT molecular complexity index is 445.